The van der Waals surface area contributed by atoms with Crippen LogP contribution in [0, 0.1) is 11.8 Å². The second kappa shape index (κ2) is 5.96. The lowest BCUT2D eigenvalue weighted by atomic mass is 9.78. The van der Waals surface area contributed by atoms with Gasteiger partial charge in [0.05, 0.1) is 0 Å². The minimum absolute atomic E-state index is 0.290. The van der Waals surface area contributed by atoms with E-state index in [2.05, 4.69) is 33.9 Å². The summed E-state index contributed by atoms with van der Waals surface area (Å²) in [6, 6.07) is 2.41. The van der Waals surface area contributed by atoms with Gasteiger partial charge in [-0.15, -0.1) is 0 Å². The Morgan fingerprint density at radius 2 is 2.06 bits per heavy atom. The highest BCUT2D eigenvalue weighted by Gasteiger charge is 2.23. The average Bonchev–Trinajstić information content (AvgIpc) is 2.29. The van der Waals surface area contributed by atoms with Crippen LogP contribution in [-0.4, -0.2) is 11.0 Å². The molecule has 0 amide bonds. The van der Waals surface area contributed by atoms with Gasteiger partial charge in [-0.25, -0.2) is 0 Å². The maximum Gasteiger partial charge on any atom is 0.0410 e. The van der Waals surface area contributed by atoms with E-state index >= 15 is 0 Å². The van der Waals surface area contributed by atoms with Crippen molar-refractivity contribution in [3.8, 4) is 0 Å². The van der Waals surface area contributed by atoms with Crippen LogP contribution in [0.2, 0.25) is 0 Å². The first-order valence-corrected chi connectivity index (χ1v) is 7.29. The van der Waals surface area contributed by atoms with Crippen molar-refractivity contribution in [2.24, 2.45) is 17.6 Å². The van der Waals surface area contributed by atoms with E-state index in [9.17, 15) is 0 Å². The molecule has 17 heavy (non-hydrogen) atoms. The summed E-state index contributed by atoms with van der Waals surface area (Å²) in [5.74, 6) is 1.59. The number of pyridine rings is 1. The second-order valence-corrected chi connectivity index (χ2v) is 6.32. The van der Waals surface area contributed by atoms with E-state index in [4.69, 9.17) is 5.73 Å². The number of nitrogens with zero attached hydrogens (tertiary/aromatic N) is 1. The van der Waals surface area contributed by atoms with E-state index in [0.717, 1.165) is 16.8 Å². The number of halogens is 1. The van der Waals surface area contributed by atoms with E-state index < -0.39 is 0 Å². The molecule has 1 atom stereocenters. The molecule has 3 heteroatoms. The predicted molar refractivity (Wildman–Crippen MR) is 74.7 cm³/mol. The number of aromatic nitrogens is 1. The van der Waals surface area contributed by atoms with Gasteiger partial charge in [0.15, 0.2) is 0 Å². The van der Waals surface area contributed by atoms with Crippen LogP contribution in [0.5, 0.6) is 0 Å². The molecule has 1 aliphatic rings. The first-order chi connectivity index (χ1) is 8.15. The molecule has 0 aromatic carbocycles. The third-order valence-corrected chi connectivity index (χ3v) is 4.33. The molecule has 1 aromatic rings. The van der Waals surface area contributed by atoms with E-state index in [0.29, 0.717) is 12.0 Å². The highest BCUT2D eigenvalue weighted by molar-refractivity contribution is 9.10. The van der Waals surface area contributed by atoms with Gasteiger partial charge in [-0.05, 0) is 58.7 Å². The summed E-state index contributed by atoms with van der Waals surface area (Å²) >= 11 is 3.45. The van der Waals surface area contributed by atoms with E-state index in [1.807, 2.05) is 12.4 Å². The van der Waals surface area contributed by atoms with Crippen molar-refractivity contribution >= 4 is 15.9 Å². The SMILES string of the molecule is CC1CCC(C(N)Cc2cncc(Br)c2)CC1. The van der Waals surface area contributed by atoms with Gasteiger partial charge in [0.1, 0.15) is 0 Å². The summed E-state index contributed by atoms with van der Waals surface area (Å²) in [6.07, 6.45) is 9.97. The fraction of sp³-hybridized carbons (Fsp3) is 0.643. The Balaban J connectivity index is 1.90. The first-order valence-electron chi connectivity index (χ1n) is 6.50. The fourth-order valence-electron chi connectivity index (χ4n) is 2.72. The molecule has 1 unspecified atom stereocenters. The molecule has 94 valence electrons. The molecule has 0 radical (unpaired) electrons. The average molecular weight is 297 g/mol. The van der Waals surface area contributed by atoms with Crippen LogP contribution in [0.4, 0.5) is 0 Å². The van der Waals surface area contributed by atoms with Crippen molar-refractivity contribution in [3.05, 3.63) is 28.5 Å². The summed E-state index contributed by atoms with van der Waals surface area (Å²) in [4.78, 5) is 4.19. The quantitative estimate of drug-likeness (QED) is 0.926. The Hall–Kier alpha value is -0.410. The van der Waals surface area contributed by atoms with Crippen LogP contribution in [-0.2, 0) is 6.42 Å². The normalized spacial score (nSPS) is 26.8. The first kappa shape index (κ1) is 13.0. The van der Waals surface area contributed by atoms with Crippen molar-refractivity contribution in [1.29, 1.82) is 0 Å². The fourth-order valence-corrected chi connectivity index (χ4v) is 3.13. The molecule has 2 nitrogen and oxygen atoms in total. The highest BCUT2D eigenvalue weighted by Crippen LogP contribution is 2.30. The van der Waals surface area contributed by atoms with E-state index in [1.54, 1.807) is 0 Å². The lowest BCUT2D eigenvalue weighted by Gasteiger charge is -2.30. The molecular weight excluding hydrogens is 276 g/mol. The molecule has 2 rings (SSSR count). The number of hydrogen-bond donors (Lipinski definition) is 1. The van der Waals surface area contributed by atoms with Crippen molar-refractivity contribution in [2.75, 3.05) is 0 Å². The second-order valence-electron chi connectivity index (χ2n) is 5.40. The highest BCUT2D eigenvalue weighted by atomic mass is 79.9. The molecule has 0 saturated heterocycles. The smallest absolute Gasteiger partial charge is 0.0410 e. The lowest BCUT2D eigenvalue weighted by molar-refractivity contribution is 0.253. The summed E-state index contributed by atoms with van der Waals surface area (Å²) < 4.78 is 1.04. The Labute approximate surface area is 112 Å². The van der Waals surface area contributed by atoms with Gasteiger partial charge < -0.3 is 5.73 Å². The van der Waals surface area contributed by atoms with Crippen molar-refractivity contribution in [2.45, 2.75) is 45.1 Å². The van der Waals surface area contributed by atoms with Crippen LogP contribution in [0.1, 0.15) is 38.2 Å². The Bertz CT molecular complexity index is 359. The molecule has 1 saturated carbocycles. The predicted octanol–water partition coefficient (Wildman–Crippen LogP) is 3.54. The molecule has 0 bridgehead atoms. The summed E-state index contributed by atoms with van der Waals surface area (Å²) in [5, 5.41) is 0. The monoisotopic (exact) mass is 296 g/mol. The summed E-state index contributed by atoms with van der Waals surface area (Å²) in [6.45, 7) is 2.35. The Morgan fingerprint density at radius 1 is 1.35 bits per heavy atom. The maximum atomic E-state index is 6.33. The molecule has 2 N–H and O–H groups in total. The third-order valence-electron chi connectivity index (χ3n) is 3.90. The molecule has 1 heterocycles. The van der Waals surface area contributed by atoms with Gasteiger partial charge in [0.2, 0.25) is 0 Å². The van der Waals surface area contributed by atoms with Crippen LogP contribution in [0.25, 0.3) is 0 Å². The molecule has 1 aromatic heterocycles. The topological polar surface area (TPSA) is 38.9 Å². The zero-order valence-electron chi connectivity index (χ0n) is 10.4. The van der Waals surface area contributed by atoms with Crippen molar-refractivity contribution < 1.29 is 0 Å². The van der Waals surface area contributed by atoms with Gasteiger partial charge in [0.25, 0.3) is 0 Å². The molecule has 1 aliphatic carbocycles. The standard InChI is InChI=1S/C14H21BrN2/c1-10-2-4-12(5-3-10)14(16)7-11-6-13(15)9-17-8-11/h6,8-10,12,14H,2-5,7,16H2,1H3. The van der Waals surface area contributed by atoms with Gasteiger partial charge in [-0.2, -0.15) is 0 Å². The van der Waals surface area contributed by atoms with E-state index in [1.165, 1.54) is 31.2 Å². The zero-order valence-corrected chi connectivity index (χ0v) is 12.0. The molecule has 0 spiro atoms. The van der Waals surface area contributed by atoms with Crippen LogP contribution < -0.4 is 5.73 Å². The third kappa shape index (κ3) is 3.78. The number of hydrogen-bond acceptors (Lipinski definition) is 2. The molecule has 0 aliphatic heterocycles. The minimum atomic E-state index is 0.290. The Kier molecular flexibility index (Phi) is 4.57. The van der Waals surface area contributed by atoms with Gasteiger partial charge in [-0.3, -0.25) is 4.98 Å². The largest absolute Gasteiger partial charge is 0.327 e. The van der Waals surface area contributed by atoms with Crippen LogP contribution >= 0.6 is 15.9 Å². The summed E-state index contributed by atoms with van der Waals surface area (Å²) in [5.41, 5.74) is 7.57. The van der Waals surface area contributed by atoms with Crippen LogP contribution in [0.15, 0.2) is 22.9 Å². The Morgan fingerprint density at radius 3 is 2.71 bits per heavy atom. The van der Waals surface area contributed by atoms with Gasteiger partial charge in [0, 0.05) is 22.9 Å². The van der Waals surface area contributed by atoms with E-state index in [-0.39, 0.29) is 0 Å². The van der Waals surface area contributed by atoms with Crippen molar-refractivity contribution in [1.82, 2.24) is 4.98 Å². The maximum absolute atomic E-state index is 6.33. The summed E-state index contributed by atoms with van der Waals surface area (Å²) in [7, 11) is 0. The molecule has 1 fully saturated rings. The van der Waals surface area contributed by atoms with Gasteiger partial charge >= 0.3 is 0 Å². The minimum Gasteiger partial charge on any atom is -0.327 e. The zero-order chi connectivity index (χ0) is 12.3. The lowest BCUT2D eigenvalue weighted by Crippen LogP contribution is -2.34. The van der Waals surface area contributed by atoms with Gasteiger partial charge in [-0.1, -0.05) is 19.8 Å². The number of nitrogens with two attached hydrogens (primary N) is 1. The number of rotatable bonds is 3. The molecular formula is C14H21BrN2. The van der Waals surface area contributed by atoms with Crippen LogP contribution in [0.3, 0.4) is 0 Å². The van der Waals surface area contributed by atoms with Crippen molar-refractivity contribution in [3.63, 3.8) is 0 Å².